The molecular weight excluding hydrogens is 292 g/mol. The van der Waals surface area contributed by atoms with Crippen LogP contribution in [0.1, 0.15) is 0 Å². The topological polar surface area (TPSA) is 24.9 Å². The Kier molecular flexibility index (Phi) is 3.87. The molecule has 96 valence electrons. The molecule has 0 amide bonds. The van der Waals surface area contributed by atoms with E-state index in [1.165, 1.54) is 10.5 Å². The predicted octanol–water partition coefficient (Wildman–Crippen LogP) is 5.34. The fourth-order valence-electron chi connectivity index (χ4n) is 1.70. The number of hydrogen-bond donors (Lipinski definition) is 1. The molecule has 1 N–H and O–H groups in total. The molecule has 3 aromatic rings. The van der Waals surface area contributed by atoms with E-state index in [9.17, 15) is 0 Å². The summed E-state index contributed by atoms with van der Waals surface area (Å²) in [6.07, 6.45) is 2.08. The van der Waals surface area contributed by atoms with Crippen LogP contribution in [0.2, 0.25) is 0 Å². The van der Waals surface area contributed by atoms with Gasteiger partial charge in [0.15, 0.2) is 5.13 Å². The molecule has 3 rings (SSSR count). The molecule has 0 fully saturated rings. The molecule has 19 heavy (non-hydrogen) atoms. The lowest BCUT2D eigenvalue weighted by molar-refractivity contribution is 1.37. The average Bonchev–Trinajstić information content (AvgIpc) is 3.09. The van der Waals surface area contributed by atoms with Gasteiger partial charge in [-0.2, -0.15) is 11.3 Å². The van der Waals surface area contributed by atoms with Crippen molar-refractivity contribution in [1.82, 2.24) is 4.98 Å². The van der Waals surface area contributed by atoms with Crippen molar-refractivity contribution in [3.63, 3.8) is 0 Å². The standard InChI is InChI=1S/C14H12N2S3/c1-17-12-4-2-3-11(7-12)15-14-16-13(9-19-14)10-5-6-18-8-10/h2-9H,1H3,(H,15,16). The lowest BCUT2D eigenvalue weighted by atomic mass is 10.3. The molecule has 2 heterocycles. The summed E-state index contributed by atoms with van der Waals surface area (Å²) < 4.78 is 0. The minimum atomic E-state index is 0.930. The summed E-state index contributed by atoms with van der Waals surface area (Å²) >= 11 is 5.07. The van der Waals surface area contributed by atoms with Gasteiger partial charge in [0.1, 0.15) is 0 Å². The molecule has 0 unspecified atom stereocenters. The second kappa shape index (κ2) is 5.77. The van der Waals surface area contributed by atoms with Crippen molar-refractivity contribution in [2.45, 2.75) is 4.90 Å². The van der Waals surface area contributed by atoms with Crippen LogP contribution in [0.3, 0.4) is 0 Å². The number of hydrogen-bond acceptors (Lipinski definition) is 5. The van der Waals surface area contributed by atoms with Crippen LogP contribution in [0.4, 0.5) is 10.8 Å². The maximum atomic E-state index is 4.61. The van der Waals surface area contributed by atoms with Crippen LogP contribution in [-0.2, 0) is 0 Å². The van der Waals surface area contributed by atoms with Crippen molar-refractivity contribution < 1.29 is 0 Å². The maximum Gasteiger partial charge on any atom is 0.187 e. The number of rotatable bonds is 4. The largest absolute Gasteiger partial charge is 0.332 e. The maximum absolute atomic E-state index is 4.61. The third-order valence-corrected chi connectivity index (χ3v) is 4.81. The van der Waals surface area contributed by atoms with E-state index in [1.54, 1.807) is 34.4 Å². The van der Waals surface area contributed by atoms with Crippen LogP contribution in [0.5, 0.6) is 0 Å². The third-order valence-electron chi connectivity index (χ3n) is 2.64. The minimum absolute atomic E-state index is 0.930. The number of thioether (sulfide) groups is 1. The summed E-state index contributed by atoms with van der Waals surface area (Å²) in [6, 6.07) is 10.5. The Bertz CT molecular complexity index is 659. The van der Waals surface area contributed by atoms with Gasteiger partial charge < -0.3 is 5.32 Å². The van der Waals surface area contributed by atoms with Crippen LogP contribution < -0.4 is 5.32 Å². The number of anilines is 2. The molecule has 0 aliphatic carbocycles. The SMILES string of the molecule is CSc1cccc(Nc2nc(-c3ccsc3)cs2)c1. The number of thiazole rings is 1. The zero-order chi connectivity index (χ0) is 13.1. The Morgan fingerprint density at radius 1 is 1.21 bits per heavy atom. The number of aromatic nitrogens is 1. The average molecular weight is 304 g/mol. The van der Waals surface area contributed by atoms with Crippen molar-refractivity contribution in [3.05, 3.63) is 46.5 Å². The molecule has 0 saturated carbocycles. The van der Waals surface area contributed by atoms with Gasteiger partial charge >= 0.3 is 0 Å². The second-order valence-electron chi connectivity index (χ2n) is 3.91. The Morgan fingerprint density at radius 2 is 2.16 bits per heavy atom. The first kappa shape index (κ1) is 12.7. The first-order valence-corrected chi connectivity index (χ1v) is 8.79. The Labute approximate surface area is 124 Å². The van der Waals surface area contributed by atoms with Crippen LogP contribution in [-0.4, -0.2) is 11.2 Å². The molecule has 0 atom stereocenters. The highest BCUT2D eigenvalue weighted by molar-refractivity contribution is 7.98. The van der Waals surface area contributed by atoms with E-state index in [-0.39, 0.29) is 0 Å². The molecule has 5 heteroatoms. The third kappa shape index (κ3) is 3.00. The number of nitrogens with zero attached hydrogens (tertiary/aromatic N) is 1. The van der Waals surface area contributed by atoms with Gasteiger partial charge in [-0.05, 0) is 35.9 Å². The predicted molar refractivity (Wildman–Crippen MR) is 86.9 cm³/mol. The fraction of sp³-hybridized carbons (Fsp3) is 0.0714. The van der Waals surface area contributed by atoms with Crippen molar-refractivity contribution in [1.29, 1.82) is 0 Å². The van der Waals surface area contributed by atoms with Gasteiger partial charge in [-0.1, -0.05) is 6.07 Å². The molecule has 2 nitrogen and oxygen atoms in total. The molecule has 0 bridgehead atoms. The molecule has 0 aliphatic heterocycles. The van der Waals surface area contributed by atoms with Gasteiger partial charge in [-0.3, -0.25) is 0 Å². The molecule has 1 aromatic carbocycles. The highest BCUT2D eigenvalue weighted by Crippen LogP contribution is 2.29. The summed E-state index contributed by atoms with van der Waals surface area (Å²) in [6.45, 7) is 0. The smallest absolute Gasteiger partial charge is 0.187 e. The number of nitrogens with one attached hydrogen (secondary N) is 1. The molecule has 0 spiro atoms. The quantitative estimate of drug-likeness (QED) is 0.659. The van der Waals surface area contributed by atoms with E-state index in [0.717, 1.165) is 16.5 Å². The molecule has 2 aromatic heterocycles. The first-order chi connectivity index (χ1) is 9.35. The zero-order valence-corrected chi connectivity index (χ0v) is 12.7. The van der Waals surface area contributed by atoms with E-state index in [1.807, 2.05) is 0 Å². The molecule has 0 radical (unpaired) electrons. The monoisotopic (exact) mass is 304 g/mol. The Hall–Kier alpha value is -1.30. The lowest BCUT2D eigenvalue weighted by Crippen LogP contribution is -1.89. The highest BCUT2D eigenvalue weighted by atomic mass is 32.2. The minimum Gasteiger partial charge on any atom is -0.332 e. The van der Waals surface area contributed by atoms with Gasteiger partial charge in [0.2, 0.25) is 0 Å². The van der Waals surface area contributed by atoms with E-state index in [2.05, 4.69) is 63.0 Å². The summed E-state index contributed by atoms with van der Waals surface area (Å²) in [7, 11) is 0. The summed E-state index contributed by atoms with van der Waals surface area (Å²) in [5.41, 5.74) is 3.31. The van der Waals surface area contributed by atoms with Crippen LogP contribution in [0.15, 0.2) is 51.4 Å². The zero-order valence-electron chi connectivity index (χ0n) is 10.3. The normalized spacial score (nSPS) is 10.6. The second-order valence-corrected chi connectivity index (χ2v) is 6.42. The van der Waals surface area contributed by atoms with Gasteiger partial charge in [0, 0.05) is 26.9 Å². The van der Waals surface area contributed by atoms with Crippen molar-refractivity contribution in [3.8, 4) is 11.3 Å². The summed E-state index contributed by atoms with van der Waals surface area (Å²) in [5, 5.41) is 10.6. The van der Waals surface area contributed by atoms with Crippen LogP contribution in [0.25, 0.3) is 11.3 Å². The Balaban J connectivity index is 1.80. The molecule has 0 saturated heterocycles. The number of benzene rings is 1. The summed E-state index contributed by atoms with van der Waals surface area (Å²) in [5.74, 6) is 0. The van der Waals surface area contributed by atoms with Gasteiger partial charge in [0.05, 0.1) is 5.69 Å². The first-order valence-electron chi connectivity index (χ1n) is 5.74. The van der Waals surface area contributed by atoms with Gasteiger partial charge in [0.25, 0.3) is 0 Å². The van der Waals surface area contributed by atoms with Crippen molar-refractivity contribution >= 4 is 45.3 Å². The van der Waals surface area contributed by atoms with Gasteiger partial charge in [-0.25, -0.2) is 4.98 Å². The van der Waals surface area contributed by atoms with Crippen LogP contribution in [0, 0.1) is 0 Å². The van der Waals surface area contributed by atoms with Crippen molar-refractivity contribution in [2.75, 3.05) is 11.6 Å². The molecular formula is C14H12N2S3. The van der Waals surface area contributed by atoms with E-state index in [0.29, 0.717) is 0 Å². The van der Waals surface area contributed by atoms with Crippen LogP contribution >= 0.6 is 34.4 Å². The van der Waals surface area contributed by atoms with Crippen molar-refractivity contribution in [2.24, 2.45) is 0 Å². The summed E-state index contributed by atoms with van der Waals surface area (Å²) in [4.78, 5) is 5.86. The number of thiophene rings is 1. The van der Waals surface area contributed by atoms with Gasteiger partial charge in [-0.15, -0.1) is 23.1 Å². The van der Waals surface area contributed by atoms with E-state index >= 15 is 0 Å². The lowest BCUT2D eigenvalue weighted by Gasteiger charge is -2.03. The van der Waals surface area contributed by atoms with E-state index in [4.69, 9.17) is 0 Å². The van der Waals surface area contributed by atoms with E-state index < -0.39 is 0 Å². The Morgan fingerprint density at radius 3 is 2.95 bits per heavy atom. The fourth-order valence-corrected chi connectivity index (χ4v) is 3.55. The molecule has 0 aliphatic rings. The highest BCUT2D eigenvalue weighted by Gasteiger charge is 2.05.